The Kier molecular flexibility index (Phi) is 3.85. The van der Waals surface area contributed by atoms with Crippen molar-refractivity contribution in [3.8, 4) is 6.07 Å². The van der Waals surface area contributed by atoms with Crippen LogP contribution >= 0.6 is 0 Å². The van der Waals surface area contributed by atoms with Gasteiger partial charge in [-0.2, -0.15) is 5.26 Å². The first-order valence-electron chi connectivity index (χ1n) is 8.54. The molecule has 1 amide bonds. The van der Waals surface area contributed by atoms with E-state index in [1.165, 1.54) is 5.56 Å². The van der Waals surface area contributed by atoms with Gasteiger partial charge in [0.25, 0.3) is 0 Å². The van der Waals surface area contributed by atoms with Crippen molar-refractivity contribution in [3.05, 3.63) is 36.3 Å². The third-order valence-electron chi connectivity index (χ3n) is 5.26. The highest BCUT2D eigenvalue weighted by molar-refractivity contribution is 6.05. The summed E-state index contributed by atoms with van der Waals surface area (Å²) in [5.41, 5.74) is 2.93. The summed E-state index contributed by atoms with van der Waals surface area (Å²) in [6, 6.07) is 6.06. The standard InChI is InChI=1S/C19H19N5O/c1-12-5-9-24(17(25)2-6-20)11-15(12)13-3-7-21-16-10-23-19-14(18(13)16)4-8-22-19/h3-4,7-8,10,12,15H,2,5,9,11H2,1H3,(H,22,23). The number of aromatic amines is 1. The second kappa shape index (κ2) is 6.17. The number of aromatic nitrogens is 3. The zero-order chi connectivity index (χ0) is 17.4. The topological polar surface area (TPSA) is 85.7 Å². The number of amides is 1. The average Bonchev–Trinajstić information content (AvgIpc) is 3.11. The van der Waals surface area contributed by atoms with Crippen molar-refractivity contribution >= 4 is 27.8 Å². The van der Waals surface area contributed by atoms with E-state index in [0.717, 1.165) is 34.9 Å². The summed E-state index contributed by atoms with van der Waals surface area (Å²) < 4.78 is 0. The van der Waals surface area contributed by atoms with Gasteiger partial charge in [-0.15, -0.1) is 0 Å². The zero-order valence-electron chi connectivity index (χ0n) is 14.1. The SMILES string of the molecule is CC1CCN(C(=O)CC#N)CC1c1ccnc2cnc3[nH]ccc3c12. The molecule has 25 heavy (non-hydrogen) atoms. The number of carbonyl (C=O) groups excluding carboxylic acids is 1. The molecule has 0 radical (unpaired) electrons. The van der Waals surface area contributed by atoms with Crippen LogP contribution in [0.1, 0.15) is 31.2 Å². The second-order valence-corrected chi connectivity index (χ2v) is 6.71. The van der Waals surface area contributed by atoms with Crippen molar-refractivity contribution in [1.29, 1.82) is 5.26 Å². The van der Waals surface area contributed by atoms with Crippen LogP contribution in [0.2, 0.25) is 0 Å². The summed E-state index contributed by atoms with van der Waals surface area (Å²) in [4.78, 5) is 26.1. The van der Waals surface area contributed by atoms with Crippen molar-refractivity contribution in [2.75, 3.05) is 13.1 Å². The van der Waals surface area contributed by atoms with Crippen LogP contribution in [0.5, 0.6) is 0 Å². The Hall–Kier alpha value is -2.94. The van der Waals surface area contributed by atoms with E-state index in [9.17, 15) is 4.79 Å². The number of hydrogen-bond acceptors (Lipinski definition) is 4. The molecule has 1 aliphatic rings. The van der Waals surface area contributed by atoms with Gasteiger partial charge in [-0.25, -0.2) is 4.98 Å². The number of piperidine rings is 1. The first-order valence-corrected chi connectivity index (χ1v) is 8.54. The number of H-pyrrole nitrogens is 1. The molecule has 126 valence electrons. The molecule has 1 aliphatic heterocycles. The Balaban J connectivity index is 1.81. The third kappa shape index (κ3) is 2.62. The molecule has 0 saturated carbocycles. The number of fused-ring (bicyclic) bond motifs is 3. The van der Waals surface area contributed by atoms with Crippen molar-refractivity contribution in [2.24, 2.45) is 5.92 Å². The molecule has 2 atom stereocenters. The summed E-state index contributed by atoms with van der Waals surface area (Å²) in [5.74, 6) is 0.604. The van der Waals surface area contributed by atoms with E-state index in [1.54, 1.807) is 6.20 Å². The largest absolute Gasteiger partial charge is 0.346 e. The number of carbonyl (C=O) groups is 1. The number of rotatable bonds is 2. The minimum absolute atomic E-state index is 0.0514. The van der Waals surface area contributed by atoms with Gasteiger partial charge in [-0.05, 0) is 30.0 Å². The van der Waals surface area contributed by atoms with E-state index in [4.69, 9.17) is 5.26 Å². The summed E-state index contributed by atoms with van der Waals surface area (Å²) in [6.07, 6.45) is 6.39. The van der Waals surface area contributed by atoms with Gasteiger partial charge >= 0.3 is 0 Å². The molecule has 3 aromatic heterocycles. The van der Waals surface area contributed by atoms with Crippen LogP contribution < -0.4 is 0 Å². The van der Waals surface area contributed by atoms with Crippen LogP contribution in [0.3, 0.4) is 0 Å². The lowest BCUT2D eigenvalue weighted by Gasteiger charge is -2.37. The number of pyridine rings is 2. The summed E-state index contributed by atoms with van der Waals surface area (Å²) >= 11 is 0. The molecule has 0 spiro atoms. The monoisotopic (exact) mass is 333 g/mol. The van der Waals surface area contributed by atoms with Gasteiger partial charge in [0.15, 0.2) is 0 Å². The quantitative estimate of drug-likeness (QED) is 0.781. The first kappa shape index (κ1) is 15.6. The highest BCUT2D eigenvalue weighted by Crippen LogP contribution is 2.37. The van der Waals surface area contributed by atoms with E-state index in [2.05, 4.69) is 27.9 Å². The van der Waals surface area contributed by atoms with Gasteiger partial charge in [0, 0.05) is 42.2 Å². The molecule has 1 fully saturated rings. The van der Waals surface area contributed by atoms with Crippen LogP contribution in [-0.2, 0) is 4.79 Å². The second-order valence-electron chi connectivity index (χ2n) is 6.71. The number of hydrogen-bond donors (Lipinski definition) is 1. The minimum atomic E-state index is -0.0776. The highest BCUT2D eigenvalue weighted by Gasteiger charge is 2.31. The van der Waals surface area contributed by atoms with Crippen LogP contribution in [0.25, 0.3) is 21.9 Å². The lowest BCUT2D eigenvalue weighted by Crippen LogP contribution is -2.42. The fourth-order valence-corrected chi connectivity index (χ4v) is 3.87. The summed E-state index contributed by atoms with van der Waals surface area (Å²) in [6.45, 7) is 3.61. The van der Waals surface area contributed by atoms with E-state index in [-0.39, 0.29) is 18.2 Å². The van der Waals surface area contributed by atoms with Crippen LogP contribution in [-0.4, -0.2) is 38.8 Å². The van der Waals surface area contributed by atoms with Gasteiger partial charge in [0.1, 0.15) is 12.1 Å². The third-order valence-corrected chi connectivity index (χ3v) is 5.26. The van der Waals surface area contributed by atoms with Crippen molar-refractivity contribution in [3.63, 3.8) is 0 Å². The summed E-state index contributed by atoms with van der Waals surface area (Å²) in [5, 5.41) is 11.0. The maximum atomic E-state index is 12.2. The molecule has 3 aromatic rings. The Morgan fingerprint density at radius 2 is 2.32 bits per heavy atom. The van der Waals surface area contributed by atoms with Crippen molar-refractivity contribution < 1.29 is 4.79 Å². The Labute approximate surface area is 145 Å². The maximum absolute atomic E-state index is 12.2. The molecule has 0 aromatic carbocycles. The molecule has 0 aliphatic carbocycles. The molecule has 4 rings (SSSR count). The van der Waals surface area contributed by atoms with Gasteiger partial charge in [-0.3, -0.25) is 9.78 Å². The first-order chi connectivity index (χ1) is 12.2. The normalized spacial score (nSPS) is 20.7. The van der Waals surface area contributed by atoms with Crippen molar-refractivity contribution in [1.82, 2.24) is 19.9 Å². The van der Waals surface area contributed by atoms with Gasteiger partial charge in [0.05, 0.1) is 17.8 Å². The summed E-state index contributed by atoms with van der Waals surface area (Å²) in [7, 11) is 0. The molecule has 2 unspecified atom stereocenters. The highest BCUT2D eigenvalue weighted by atomic mass is 16.2. The molecule has 6 nitrogen and oxygen atoms in total. The fraction of sp³-hybridized carbons (Fsp3) is 0.368. The molecule has 4 heterocycles. The van der Waals surface area contributed by atoms with Gasteiger partial charge in [0.2, 0.25) is 5.91 Å². The predicted molar refractivity (Wildman–Crippen MR) is 94.7 cm³/mol. The van der Waals surface area contributed by atoms with E-state index in [0.29, 0.717) is 12.5 Å². The Morgan fingerprint density at radius 1 is 1.44 bits per heavy atom. The number of nitrogens with one attached hydrogen (secondary N) is 1. The molecule has 1 N–H and O–H groups in total. The molecular formula is C19H19N5O. The Bertz CT molecular complexity index is 986. The number of likely N-dealkylation sites (tertiary alicyclic amines) is 1. The minimum Gasteiger partial charge on any atom is -0.346 e. The average molecular weight is 333 g/mol. The molecule has 6 heteroatoms. The lowest BCUT2D eigenvalue weighted by molar-refractivity contribution is -0.131. The maximum Gasteiger partial charge on any atom is 0.236 e. The number of nitrogens with zero attached hydrogens (tertiary/aromatic N) is 4. The van der Waals surface area contributed by atoms with Crippen LogP contribution in [0.4, 0.5) is 0 Å². The molecule has 1 saturated heterocycles. The van der Waals surface area contributed by atoms with E-state index < -0.39 is 0 Å². The lowest BCUT2D eigenvalue weighted by atomic mass is 9.80. The van der Waals surface area contributed by atoms with E-state index in [1.807, 2.05) is 29.4 Å². The Morgan fingerprint density at radius 3 is 3.16 bits per heavy atom. The fourth-order valence-electron chi connectivity index (χ4n) is 3.87. The predicted octanol–water partition coefficient (Wildman–Crippen LogP) is 2.98. The van der Waals surface area contributed by atoms with Gasteiger partial charge in [-0.1, -0.05) is 6.92 Å². The van der Waals surface area contributed by atoms with Crippen LogP contribution in [0, 0.1) is 17.2 Å². The van der Waals surface area contributed by atoms with Gasteiger partial charge < -0.3 is 9.88 Å². The van der Waals surface area contributed by atoms with Crippen molar-refractivity contribution in [2.45, 2.75) is 25.7 Å². The van der Waals surface area contributed by atoms with E-state index >= 15 is 0 Å². The molecular weight excluding hydrogens is 314 g/mol. The molecule has 0 bridgehead atoms. The zero-order valence-corrected chi connectivity index (χ0v) is 14.1. The smallest absolute Gasteiger partial charge is 0.236 e. The van der Waals surface area contributed by atoms with Crippen LogP contribution in [0.15, 0.2) is 30.7 Å². The number of nitriles is 1.